The van der Waals surface area contributed by atoms with Gasteiger partial charge in [-0.3, -0.25) is 5.32 Å². The van der Waals surface area contributed by atoms with E-state index in [1.807, 2.05) is 0 Å². The minimum absolute atomic E-state index is 0.0842. The zero-order chi connectivity index (χ0) is 17.8. The Morgan fingerprint density at radius 3 is 2.67 bits per heavy atom. The average molecular weight is 336 g/mol. The van der Waals surface area contributed by atoms with Crippen molar-refractivity contribution >= 4 is 11.9 Å². The fourth-order valence-corrected chi connectivity index (χ4v) is 2.13. The van der Waals surface area contributed by atoms with Gasteiger partial charge in [0, 0.05) is 17.9 Å². The smallest absolute Gasteiger partial charge is 0.410 e. The first-order chi connectivity index (χ1) is 11.2. The number of nitrogens with one attached hydrogen (secondary N) is 1. The summed E-state index contributed by atoms with van der Waals surface area (Å²) in [6, 6.07) is 9.86. The molecule has 0 fully saturated rings. The molecule has 0 aliphatic heterocycles. The maximum atomic E-state index is 13.5. The lowest BCUT2D eigenvalue weighted by molar-refractivity contribution is 0.0208. The lowest BCUT2D eigenvalue weighted by Crippen LogP contribution is -2.27. The first-order valence-corrected chi connectivity index (χ1v) is 7.24. The number of carbonyl (C=O) groups is 1. The summed E-state index contributed by atoms with van der Waals surface area (Å²) in [7, 11) is 0. The molecule has 0 saturated heterocycles. The SMILES string of the molecule is C=CC(F)(F)CC(C)(C)c1cc(NC(=O)Oc2ccccc2)no1. The Morgan fingerprint density at radius 1 is 1.38 bits per heavy atom. The van der Waals surface area contributed by atoms with Gasteiger partial charge in [0.25, 0.3) is 5.92 Å². The number of allylic oxidation sites excluding steroid dienone is 1. The molecule has 2 rings (SSSR count). The molecule has 1 amide bonds. The summed E-state index contributed by atoms with van der Waals surface area (Å²) in [5.74, 6) is -2.36. The van der Waals surface area contributed by atoms with E-state index in [1.165, 1.54) is 6.07 Å². The number of rotatable bonds is 6. The normalized spacial score (nSPS) is 11.8. The number of ether oxygens (including phenoxy) is 1. The standard InChI is InChI=1S/C17H18F2N2O3/c1-4-17(18,19)11-16(2,3)13-10-14(21-24-13)20-15(22)23-12-8-6-5-7-9-12/h4-10H,1,11H2,2-3H3,(H,20,21,22). The summed E-state index contributed by atoms with van der Waals surface area (Å²) in [6.07, 6.45) is -0.649. The third-order valence-corrected chi connectivity index (χ3v) is 3.34. The molecular formula is C17H18F2N2O3. The van der Waals surface area contributed by atoms with E-state index in [2.05, 4.69) is 17.1 Å². The maximum absolute atomic E-state index is 13.5. The van der Waals surface area contributed by atoms with Crippen LogP contribution in [0.2, 0.25) is 0 Å². The summed E-state index contributed by atoms with van der Waals surface area (Å²) < 4.78 is 37.2. The zero-order valence-electron chi connectivity index (χ0n) is 13.4. The van der Waals surface area contributed by atoms with Crippen molar-refractivity contribution in [3.63, 3.8) is 0 Å². The number of hydrogen-bond acceptors (Lipinski definition) is 4. The molecule has 1 N–H and O–H groups in total. The quantitative estimate of drug-likeness (QED) is 0.772. The summed E-state index contributed by atoms with van der Waals surface area (Å²) >= 11 is 0. The van der Waals surface area contributed by atoms with E-state index in [-0.39, 0.29) is 11.6 Å². The van der Waals surface area contributed by atoms with Gasteiger partial charge >= 0.3 is 6.09 Å². The van der Waals surface area contributed by atoms with Crippen LogP contribution in [0.5, 0.6) is 5.75 Å². The Bertz CT molecular complexity index is 712. The van der Waals surface area contributed by atoms with E-state index in [0.717, 1.165) is 0 Å². The van der Waals surface area contributed by atoms with Gasteiger partial charge in [0.05, 0.1) is 0 Å². The van der Waals surface area contributed by atoms with E-state index in [9.17, 15) is 13.6 Å². The van der Waals surface area contributed by atoms with Crippen molar-refractivity contribution in [2.24, 2.45) is 0 Å². The highest BCUT2D eigenvalue weighted by molar-refractivity contribution is 5.85. The molecule has 24 heavy (non-hydrogen) atoms. The number of aromatic nitrogens is 1. The van der Waals surface area contributed by atoms with Gasteiger partial charge in [0.1, 0.15) is 11.5 Å². The second kappa shape index (κ2) is 6.82. The van der Waals surface area contributed by atoms with Gasteiger partial charge in [0.2, 0.25) is 0 Å². The van der Waals surface area contributed by atoms with Crippen LogP contribution in [-0.2, 0) is 5.41 Å². The van der Waals surface area contributed by atoms with Crippen molar-refractivity contribution < 1.29 is 22.8 Å². The number of carbonyl (C=O) groups excluding carboxylic acids is 1. The molecule has 128 valence electrons. The second-order valence-electron chi connectivity index (χ2n) is 5.93. The molecule has 7 heteroatoms. The number of halogens is 2. The molecule has 0 spiro atoms. The van der Waals surface area contributed by atoms with Crippen molar-refractivity contribution in [3.05, 3.63) is 54.8 Å². The van der Waals surface area contributed by atoms with E-state index in [4.69, 9.17) is 9.26 Å². The van der Waals surface area contributed by atoms with E-state index in [0.29, 0.717) is 11.8 Å². The molecule has 5 nitrogen and oxygen atoms in total. The first kappa shape index (κ1) is 17.7. The maximum Gasteiger partial charge on any atom is 0.418 e. The summed E-state index contributed by atoms with van der Waals surface area (Å²) in [5, 5.41) is 6.05. The molecule has 1 heterocycles. The van der Waals surface area contributed by atoms with Crippen LogP contribution >= 0.6 is 0 Å². The molecular weight excluding hydrogens is 318 g/mol. The minimum Gasteiger partial charge on any atom is -0.410 e. The fraction of sp³-hybridized carbons (Fsp3) is 0.294. The Labute approximate surface area is 138 Å². The summed E-state index contributed by atoms with van der Waals surface area (Å²) in [6.45, 7) is 6.31. The van der Waals surface area contributed by atoms with Crippen LogP contribution in [0.1, 0.15) is 26.0 Å². The first-order valence-electron chi connectivity index (χ1n) is 7.24. The van der Waals surface area contributed by atoms with Gasteiger partial charge in [-0.05, 0) is 18.2 Å². The van der Waals surface area contributed by atoms with Crippen LogP contribution in [0.25, 0.3) is 0 Å². The van der Waals surface area contributed by atoms with Gasteiger partial charge < -0.3 is 9.26 Å². The molecule has 0 saturated carbocycles. The molecule has 1 aromatic carbocycles. The number of nitrogens with zero attached hydrogens (tertiary/aromatic N) is 1. The summed E-state index contributed by atoms with van der Waals surface area (Å²) in [4.78, 5) is 11.8. The molecule has 0 radical (unpaired) electrons. The molecule has 1 aromatic heterocycles. The number of alkyl halides is 2. The highest BCUT2D eigenvalue weighted by Crippen LogP contribution is 2.36. The Morgan fingerprint density at radius 2 is 2.04 bits per heavy atom. The van der Waals surface area contributed by atoms with Crippen LogP contribution in [0.15, 0.2) is 53.6 Å². The van der Waals surface area contributed by atoms with Crippen LogP contribution in [-0.4, -0.2) is 17.2 Å². The average Bonchev–Trinajstić information content (AvgIpc) is 2.96. The number of para-hydroxylation sites is 1. The summed E-state index contributed by atoms with van der Waals surface area (Å²) in [5.41, 5.74) is -0.992. The monoisotopic (exact) mass is 336 g/mol. The Kier molecular flexibility index (Phi) is 5.02. The van der Waals surface area contributed by atoms with E-state index < -0.39 is 23.9 Å². The number of benzene rings is 1. The predicted molar refractivity (Wildman–Crippen MR) is 85.4 cm³/mol. The van der Waals surface area contributed by atoms with Crippen molar-refractivity contribution in [2.45, 2.75) is 31.6 Å². The van der Waals surface area contributed by atoms with Gasteiger partial charge in [-0.2, -0.15) is 0 Å². The number of amides is 1. The van der Waals surface area contributed by atoms with Crippen LogP contribution in [0.3, 0.4) is 0 Å². The molecule has 0 aliphatic carbocycles. The largest absolute Gasteiger partial charge is 0.418 e. The van der Waals surface area contributed by atoms with E-state index >= 15 is 0 Å². The van der Waals surface area contributed by atoms with Gasteiger partial charge in [-0.1, -0.05) is 43.8 Å². The van der Waals surface area contributed by atoms with Crippen LogP contribution in [0, 0.1) is 0 Å². The zero-order valence-corrected chi connectivity index (χ0v) is 13.4. The molecule has 2 aromatic rings. The minimum atomic E-state index is -3.03. The predicted octanol–water partition coefficient (Wildman–Crippen LogP) is 4.77. The topological polar surface area (TPSA) is 64.4 Å². The lowest BCUT2D eigenvalue weighted by Gasteiger charge is -2.25. The van der Waals surface area contributed by atoms with E-state index in [1.54, 1.807) is 44.2 Å². The van der Waals surface area contributed by atoms with Gasteiger partial charge in [-0.15, -0.1) is 0 Å². The van der Waals surface area contributed by atoms with Crippen molar-refractivity contribution in [3.8, 4) is 5.75 Å². The van der Waals surface area contributed by atoms with Crippen molar-refractivity contribution in [2.75, 3.05) is 5.32 Å². The van der Waals surface area contributed by atoms with Gasteiger partial charge in [0.15, 0.2) is 5.82 Å². The Hall–Kier alpha value is -2.70. The van der Waals surface area contributed by atoms with Crippen molar-refractivity contribution in [1.82, 2.24) is 5.16 Å². The Balaban J connectivity index is 2.02. The van der Waals surface area contributed by atoms with Crippen molar-refractivity contribution in [1.29, 1.82) is 0 Å². The molecule has 0 bridgehead atoms. The third kappa shape index (κ3) is 4.65. The second-order valence-corrected chi connectivity index (χ2v) is 5.93. The molecule has 0 unspecified atom stereocenters. The lowest BCUT2D eigenvalue weighted by atomic mass is 9.83. The van der Waals surface area contributed by atoms with Crippen LogP contribution < -0.4 is 10.1 Å². The number of anilines is 1. The highest BCUT2D eigenvalue weighted by atomic mass is 19.3. The third-order valence-electron chi connectivity index (χ3n) is 3.34. The fourth-order valence-electron chi connectivity index (χ4n) is 2.13. The molecule has 0 atom stereocenters. The highest BCUT2D eigenvalue weighted by Gasteiger charge is 2.37. The van der Waals surface area contributed by atoms with Crippen LogP contribution in [0.4, 0.5) is 19.4 Å². The van der Waals surface area contributed by atoms with Gasteiger partial charge in [-0.25, -0.2) is 13.6 Å². The molecule has 0 aliphatic rings. The number of hydrogen-bond donors (Lipinski definition) is 1.